The summed E-state index contributed by atoms with van der Waals surface area (Å²) in [6.45, 7) is 8.00. The molecule has 0 aliphatic rings. The average molecular weight is 477 g/mol. The van der Waals surface area contributed by atoms with Crippen LogP contribution >= 0.6 is 0 Å². The van der Waals surface area contributed by atoms with Crippen molar-refractivity contribution in [2.45, 2.75) is 34.0 Å². The lowest BCUT2D eigenvalue weighted by molar-refractivity contribution is -0.137. The molecule has 0 saturated carbocycles. The smallest absolute Gasteiger partial charge is 0.330 e. The van der Waals surface area contributed by atoms with E-state index in [2.05, 4.69) is 0 Å². The Labute approximate surface area is 207 Å². The highest BCUT2D eigenvalue weighted by molar-refractivity contribution is 5.87. The molecular weight excluding hydrogens is 444 g/mol. The second-order valence-corrected chi connectivity index (χ2v) is 7.52. The summed E-state index contributed by atoms with van der Waals surface area (Å²) >= 11 is 0. The Morgan fingerprint density at radius 3 is 1.71 bits per heavy atom. The molecule has 0 aromatic heterocycles. The molecule has 3 rings (SSSR count). The lowest BCUT2D eigenvalue weighted by atomic mass is 10.1. The minimum atomic E-state index is -0.389. The van der Waals surface area contributed by atoms with Gasteiger partial charge in [0.25, 0.3) is 0 Å². The Morgan fingerprint density at radius 2 is 1.20 bits per heavy atom. The standard InChI is InChI=1S/C29H32O6/c1-4-31-25-13-7-23(8-14-25)20-34-27-17-11-22(12-18-29(30)33-6-3)19-28(27)35-21-24-9-15-26(16-10-24)32-5-2/h7-19H,4-6,20-21H2,1-3H3. The number of ether oxygens (including phenoxy) is 5. The molecular formula is C29H32O6. The van der Waals surface area contributed by atoms with Crippen LogP contribution in [0.25, 0.3) is 6.08 Å². The summed E-state index contributed by atoms with van der Waals surface area (Å²) in [6, 6.07) is 21.1. The molecule has 35 heavy (non-hydrogen) atoms. The van der Waals surface area contributed by atoms with E-state index >= 15 is 0 Å². The van der Waals surface area contributed by atoms with Crippen molar-refractivity contribution in [3.63, 3.8) is 0 Å². The Balaban J connectivity index is 1.73. The van der Waals surface area contributed by atoms with E-state index in [4.69, 9.17) is 23.7 Å². The fraction of sp³-hybridized carbons (Fsp3) is 0.276. The molecule has 0 unspecified atom stereocenters. The minimum Gasteiger partial charge on any atom is -0.494 e. The number of rotatable bonds is 13. The number of hydrogen-bond donors (Lipinski definition) is 0. The van der Waals surface area contributed by atoms with Gasteiger partial charge in [-0.25, -0.2) is 4.79 Å². The summed E-state index contributed by atoms with van der Waals surface area (Å²) in [5.41, 5.74) is 2.81. The van der Waals surface area contributed by atoms with Gasteiger partial charge in [-0.3, -0.25) is 0 Å². The molecule has 0 aliphatic carbocycles. The van der Waals surface area contributed by atoms with Crippen molar-refractivity contribution in [2.24, 2.45) is 0 Å². The van der Waals surface area contributed by atoms with Gasteiger partial charge in [-0.15, -0.1) is 0 Å². The Bertz CT molecular complexity index is 1090. The lowest BCUT2D eigenvalue weighted by Crippen LogP contribution is -2.02. The third-order valence-corrected chi connectivity index (χ3v) is 4.92. The second kappa shape index (κ2) is 13.7. The van der Waals surface area contributed by atoms with Crippen LogP contribution in [0.3, 0.4) is 0 Å². The summed E-state index contributed by atoms with van der Waals surface area (Å²) in [5.74, 6) is 2.45. The SMILES string of the molecule is CCOC(=O)C=Cc1ccc(OCc2ccc(OCC)cc2)c(OCc2ccc(OCC)cc2)c1. The van der Waals surface area contributed by atoms with Crippen LogP contribution in [0.4, 0.5) is 0 Å². The lowest BCUT2D eigenvalue weighted by Gasteiger charge is -2.14. The maximum Gasteiger partial charge on any atom is 0.330 e. The summed E-state index contributed by atoms with van der Waals surface area (Å²) in [7, 11) is 0. The van der Waals surface area contributed by atoms with Gasteiger partial charge in [0.1, 0.15) is 24.7 Å². The van der Waals surface area contributed by atoms with Gasteiger partial charge in [-0.2, -0.15) is 0 Å². The highest BCUT2D eigenvalue weighted by Gasteiger charge is 2.09. The van der Waals surface area contributed by atoms with Crippen LogP contribution in [0.5, 0.6) is 23.0 Å². The van der Waals surface area contributed by atoms with Gasteiger partial charge >= 0.3 is 5.97 Å². The Hall–Kier alpha value is -3.93. The normalized spacial score (nSPS) is 10.7. The summed E-state index contributed by atoms with van der Waals surface area (Å²) in [6.07, 6.45) is 3.09. The number of esters is 1. The van der Waals surface area contributed by atoms with E-state index in [1.54, 1.807) is 13.0 Å². The highest BCUT2D eigenvalue weighted by Crippen LogP contribution is 2.31. The van der Waals surface area contributed by atoms with Gasteiger partial charge in [0.15, 0.2) is 11.5 Å². The van der Waals surface area contributed by atoms with Crippen molar-refractivity contribution in [3.8, 4) is 23.0 Å². The van der Waals surface area contributed by atoms with Crippen LogP contribution in [0, 0.1) is 0 Å². The van der Waals surface area contributed by atoms with E-state index in [0.29, 0.717) is 44.5 Å². The molecule has 3 aromatic carbocycles. The first-order valence-electron chi connectivity index (χ1n) is 11.8. The van der Waals surface area contributed by atoms with Gasteiger partial charge in [-0.1, -0.05) is 30.3 Å². The van der Waals surface area contributed by atoms with Crippen molar-refractivity contribution in [1.29, 1.82) is 0 Å². The first kappa shape index (κ1) is 25.7. The molecule has 0 N–H and O–H groups in total. The third-order valence-electron chi connectivity index (χ3n) is 4.92. The van der Waals surface area contributed by atoms with Crippen molar-refractivity contribution in [3.05, 3.63) is 89.5 Å². The quantitative estimate of drug-likeness (QED) is 0.216. The van der Waals surface area contributed by atoms with E-state index in [1.165, 1.54) is 6.08 Å². The molecule has 0 fully saturated rings. The molecule has 0 aliphatic heterocycles. The fourth-order valence-corrected chi connectivity index (χ4v) is 3.23. The van der Waals surface area contributed by atoms with Gasteiger partial charge in [0.2, 0.25) is 0 Å². The van der Waals surface area contributed by atoms with Crippen LogP contribution in [0.15, 0.2) is 72.8 Å². The molecule has 6 nitrogen and oxygen atoms in total. The molecule has 0 spiro atoms. The van der Waals surface area contributed by atoms with Gasteiger partial charge < -0.3 is 23.7 Å². The van der Waals surface area contributed by atoms with Crippen molar-refractivity contribution >= 4 is 12.0 Å². The summed E-state index contributed by atoms with van der Waals surface area (Å²) in [4.78, 5) is 11.7. The van der Waals surface area contributed by atoms with Crippen molar-refractivity contribution in [1.82, 2.24) is 0 Å². The second-order valence-electron chi connectivity index (χ2n) is 7.52. The number of carbonyl (C=O) groups excluding carboxylic acids is 1. The third kappa shape index (κ3) is 8.41. The zero-order valence-electron chi connectivity index (χ0n) is 20.5. The molecule has 184 valence electrons. The Kier molecular flexibility index (Phi) is 10.1. The van der Waals surface area contributed by atoms with Gasteiger partial charge in [0.05, 0.1) is 19.8 Å². The first-order chi connectivity index (χ1) is 17.1. The maximum absolute atomic E-state index is 11.7. The van der Waals surface area contributed by atoms with E-state index in [1.807, 2.05) is 80.6 Å². The summed E-state index contributed by atoms with van der Waals surface area (Å²) < 4.78 is 28.2. The van der Waals surface area contributed by atoms with Gasteiger partial charge in [0, 0.05) is 6.08 Å². The highest BCUT2D eigenvalue weighted by atomic mass is 16.5. The van der Waals surface area contributed by atoms with Crippen LogP contribution in [0.1, 0.15) is 37.5 Å². The molecule has 3 aromatic rings. The van der Waals surface area contributed by atoms with Crippen LogP contribution < -0.4 is 18.9 Å². The number of carbonyl (C=O) groups is 1. The summed E-state index contributed by atoms with van der Waals surface area (Å²) in [5, 5.41) is 0. The van der Waals surface area contributed by atoms with Crippen LogP contribution in [-0.2, 0) is 22.7 Å². The minimum absolute atomic E-state index is 0.331. The Morgan fingerprint density at radius 1 is 0.657 bits per heavy atom. The van der Waals surface area contributed by atoms with E-state index in [9.17, 15) is 4.79 Å². The zero-order valence-corrected chi connectivity index (χ0v) is 20.5. The average Bonchev–Trinajstić information content (AvgIpc) is 2.88. The molecule has 6 heteroatoms. The van der Waals surface area contributed by atoms with Crippen molar-refractivity contribution in [2.75, 3.05) is 19.8 Å². The van der Waals surface area contributed by atoms with E-state index in [0.717, 1.165) is 28.2 Å². The monoisotopic (exact) mass is 476 g/mol. The molecule has 0 heterocycles. The topological polar surface area (TPSA) is 63.2 Å². The fourth-order valence-electron chi connectivity index (χ4n) is 3.23. The molecule has 0 amide bonds. The predicted molar refractivity (Wildman–Crippen MR) is 136 cm³/mol. The predicted octanol–water partition coefficient (Wildman–Crippen LogP) is 6.22. The first-order valence-corrected chi connectivity index (χ1v) is 11.8. The molecule has 0 atom stereocenters. The number of benzene rings is 3. The van der Waals surface area contributed by atoms with Crippen LogP contribution in [0.2, 0.25) is 0 Å². The van der Waals surface area contributed by atoms with Crippen molar-refractivity contribution < 1.29 is 28.5 Å². The van der Waals surface area contributed by atoms with Crippen LogP contribution in [-0.4, -0.2) is 25.8 Å². The van der Waals surface area contributed by atoms with E-state index in [-0.39, 0.29) is 5.97 Å². The molecule has 0 radical (unpaired) electrons. The molecule has 0 bridgehead atoms. The van der Waals surface area contributed by atoms with E-state index < -0.39 is 0 Å². The number of hydrogen-bond acceptors (Lipinski definition) is 6. The largest absolute Gasteiger partial charge is 0.494 e. The van der Waals surface area contributed by atoms with Gasteiger partial charge in [-0.05, 0) is 79.9 Å². The maximum atomic E-state index is 11.7. The molecule has 0 saturated heterocycles. The zero-order chi connectivity index (χ0) is 24.9.